The molecule has 1 saturated heterocycles. The number of piperidine rings is 1. The number of nitrogens with one attached hydrogen (secondary N) is 1. The van der Waals surface area contributed by atoms with Crippen molar-refractivity contribution in [3.63, 3.8) is 0 Å². The molecule has 3 rings (SSSR count). The summed E-state index contributed by atoms with van der Waals surface area (Å²) in [5, 5.41) is 7.16. The molecule has 3 heterocycles. The molecule has 7 heteroatoms. The zero-order chi connectivity index (χ0) is 18.7. The standard InChI is InChI=1S/C19H26FN5O/c1-14(2)25-17(7-11-22-25)23-18(26)15(3)24-12-8-19(20,9-13-24)16-6-4-5-10-21-16/h4-7,10-11,14-15H,8-9,12-13H2,1-3H3,(H,23,26)/t15-/m0/s1. The minimum Gasteiger partial charge on any atom is -0.310 e. The largest absolute Gasteiger partial charge is 0.310 e. The van der Waals surface area contributed by atoms with Gasteiger partial charge in [0.25, 0.3) is 0 Å². The zero-order valence-electron chi connectivity index (χ0n) is 15.5. The monoisotopic (exact) mass is 359 g/mol. The predicted octanol–water partition coefficient (Wildman–Crippen LogP) is 3.15. The number of hydrogen-bond acceptors (Lipinski definition) is 4. The number of likely N-dealkylation sites (tertiary alicyclic amines) is 1. The predicted molar refractivity (Wildman–Crippen MR) is 98.5 cm³/mol. The van der Waals surface area contributed by atoms with Crippen molar-refractivity contribution in [2.75, 3.05) is 18.4 Å². The van der Waals surface area contributed by atoms with E-state index in [4.69, 9.17) is 0 Å². The van der Waals surface area contributed by atoms with Crippen LogP contribution in [0.4, 0.5) is 10.2 Å². The van der Waals surface area contributed by atoms with E-state index in [1.807, 2.05) is 31.7 Å². The maximum absolute atomic E-state index is 15.2. The number of carbonyl (C=O) groups is 1. The van der Waals surface area contributed by atoms with Crippen molar-refractivity contribution in [3.05, 3.63) is 42.4 Å². The molecular formula is C19H26FN5O. The van der Waals surface area contributed by atoms with E-state index in [9.17, 15) is 4.79 Å². The van der Waals surface area contributed by atoms with Gasteiger partial charge in [0.1, 0.15) is 5.82 Å². The highest BCUT2D eigenvalue weighted by Gasteiger charge is 2.39. The molecule has 1 aliphatic rings. The summed E-state index contributed by atoms with van der Waals surface area (Å²) in [5.41, 5.74) is -0.929. The van der Waals surface area contributed by atoms with Gasteiger partial charge in [-0.1, -0.05) is 6.07 Å². The molecule has 0 aliphatic carbocycles. The van der Waals surface area contributed by atoms with Crippen molar-refractivity contribution in [3.8, 4) is 0 Å². The van der Waals surface area contributed by atoms with Crippen molar-refractivity contribution in [2.45, 2.75) is 51.4 Å². The first kappa shape index (κ1) is 18.5. The van der Waals surface area contributed by atoms with E-state index in [1.54, 1.807) is 35.3 Å². The van der Waals surface area contributed by atoms with Crippen LogP contribution in [-0.4, -0.2) is 44.7 Å². The van der Waals surface area contributed by atoms with Crippen molar-refractivity contribution in [1.29, 1.82) is 0 Å². The van der Waals surface area contributed by atoms with Crippen LogP contribution in [0.15, 0.2) is 36.7 Å². The molecule has 0 spiro atoms. The summed E-state index contributed by atoms with van der Waals surface area (Å²) in [7, 11) is 0. The van der Waals surface area contributed by atoms with Crippen LogP contribution in [0.2, 0.25) is 0 Å². The molecule has 26 heavy (non-hydrogen) atoms. The van der Waals surface area contributed by atoms with Crippen molar-refractivity contribution < 1.29 is 9.18 Å². The number of pyridine rings is 1. The van der Waals surface area contributed by atoms with Gasteiger partial charge in [0.15, 0.2) is 5.67 Å². The number of anilines is 1. The summed E-state index contributed by atoms with van der Waals surface area (Å²) in [6.45, 7) is 6.91. The van der Waals surface area contributed by atoms with Crippen molar-refractivity contribution >= 4 is 11.7 Å². The fraction of sp³-hybridized carbons (Fsp3) is 0.526. The van der Waals surface area contributed by atoms with Crippen molar-refractivity contribution in [1.82, 2.24) is 19.7 Å². The number of nitrogens with zero attached hydrogens (tertiary/aromatic N) is 4. The fourth-order valence-corrected chi connectivity index (χ4v) is 3.37. The Hall–Kier alpha value is -2.28. The topological polar surface area (TPSA) is 63.1 Å². The average Bonchev–Trinajstić information content (AvgIpc) is 3.11. The number of halogens is 1. The van der Waals surface area contributed by atoms with Gasteiger partial charge >= 0.3 is 0 Å². The first-order valence-corrected chi connectivity index (χ1v) is 9.09. The second-order valence-electron chi connectivity index (χ2n) is 7.14. The van der Waals surface area contributed by atoms with E-state index < -0.39 is 5.67 Å². The number of carbonyl (C=O) groups excluding carboxylic acids is 1. The molecule has 2 aromatic heterocycles. The highest BCUT2D eigenvalue weighted by atomic mass is 19.1. The van der Waals surface area contributed by atoms with Crippen LogP contribution in [0.25, 0.3) is 0 Å². The van der Waals surface area contributed by atoms with E-state index in [-0.39, 0.29) is 18.0 Å². The highest BCUT2D eigenvalue weighted by Crippen LogP contribution is 2.36. The first-order chi connectivity index (χ1) is 12.4. The number of rotatable bonds is 5. The van der Waals surface area contributed by atoms with Gasteiger partial charge in [0.05, 0.1) is 17.9 Å². The summed E-state index contributed by atoms with van der Waals surface area (Å²) < 4.78 is 17.0. The third kappa shape index (κ3) is 3.77. The fourth-order valence-electron chi connectivity index (χ4n) is 3.37. The summed E-state index contributed by atoms with van der Waals surface area (Å²) >= 11 is 0. The Kier molecular flexibility index (Phi) is 5.36. The van der Waals surface area contributed by atoms with Gasteiger partial charge in [-0.05, 0) is 45.7 Å². The molecule has 1 aliphatic heterocycles. The van der Waals surface area contributed by atoms with Gasteiger partial charge < -0.3 is 5.32 Å². The second-order valence-corrected chi connectivity index (χ2v) is 7.14. The molecular weight excluding hydrogens is 333 g/mol. The normalized spacial score (nSPS) is 18.7. The Labute approximate surface area is 153 Å². The first-order valence-electron chi connectivity index (χ1n) is 9.09. The van der Waals surface area contributed by atoms with Crippen LogP contribution in [-0.2, 0) is 10.5 Å². The van der Waals surface area contributed by atoms with Gasteiger partial charge in [0.2, 0.25) is 5.91 Å². The van der Waals surface area contributed by atoms with E-state index in [1.165, 1.54) is 0 Å². The summed E-state index contributed by atoms with van der Waals surface area (Å²) in [6, 6.07) is 6.95. The van der Waals surface area contributed by atoms with E-state index >= 15 is 4.39 Å². The lowest BCUT2D eigenvalue weighted by Gasteiger charge is -2.38. The van der Waals surface area contributed by atoms with Gasteiger partial charge in [-0.15, -0.1) is 0 Å². The maximum atomic E-state index is 15.2. The number of amides is 1. The lowest BCUT2D eigenvalue weighted by Crippen LogP contribution is -2.49. The Balaban J connectivity index is 1.60. The molecule has 2 aromatic rings. The van der Waals surface area contributed by atoms with Crippen LogP contribution >= 0.6 is 0 Å². The highest BCUT2D eigenvalue weighted by molar-refractivity contribution is 5.93. The molecule has 1 atom stereocenters. The van der Waals surface area contributed by atoms with Gasteiger partial charge in [-0.3, -0.25) is 14.7 Å². The van der Waals surface area contributed by atoms with Gasteiger partial charge in [-0.2, -0.15) is 5.10 Å². The Bertz CT molecular complexity index is 737. The third-order valence-corrected chi connectivity index (χ3v) is 5.05. The Morgan fingerprint density at radius 3 is 2.54 bits per heavy atom. The van der Waals surface area contributed by atoms with Crippen LogP contribution in [0.5, 0.6) is 0 Å². The third-order valence-electron chi connectivity index (χ3n) is 5.05. The van der Waals surface area contributed by atoms with Crippen molar-refractivity contribution in [2.24, 2.45) is 0 Å². The molecule has 1 amide bonds. The molecule has 0 unspecified atom stereocenters. The minimum absolute atomic E-state index is 0.100. The SMILES string of the molecule is CC(C)n1nccc1NC(=O)[C@H](C)N1CCC(F)(c2ccccn2)CC1. The molecule has 1 N–H and O–H groups in total. The summed E-state index contributed by atoms with van der Waals surface area (Å²) in [5.74, 6) is 0.582. The Morgan fingerprint density at radius 1 is 1.19 bits per heavy atom. The zero-order valence-corrected chi connectivity index (χ0v) is 15.5. The minimum atomic E-state index is -1.41. The van der Waals surface area contributed by atoms with Crippen LogP contribution in [0, 0.1) is 0 Å². The average molecular weight is 359 g/mol. The van der Waals surface area contributed by atoms with Gasteiger partial charge in [-0.25, -0.2) is 9.07 Å². The molecule has 0 radical (unpaired) electrons. The molecule has 0 aromatic carbocycles. The van der Waals surface area contributed by atoms with Crippen LogP contribution < -0.4 is 5.32 Å². The molecule has 0 bridgehead atoms. The lowest BCUT2D eigenvalue weighted by atomic mass is 9.89. The number of aromatic nitrogens is 3. The second kappa shape index (κ2) is 7.53. The number of hydrogen-bond donors (Lipinski definition) is 1. The molecule has 6 nitrogen and oxygen atoms in total. The summed E-state index contributed by atoms with van der Waals surface area (Å²) in [4.78, 5) is 18.8. The van der Waals surface area contributed by atoms with Gasteiger partial charge in [0, 0.05) is 31.4 Å². The number of alkyl halides is 1. The van der Waals surface area contributed by atoms with Crippen LogP contribution in [0.1, 0.15) is 45.3 Å². The Morgan fingerprint density at radius 2 is 1.92 bits per heavy atom. The van der Waals surface area contributed by atoms with E-state index in [0.717, 1.165) is 0 Å². The maximum Gasteiger partial charge on any atom is 0.242 e. The quantitative estimate of drug-likeness (QED) is 0.891. The lowest BCUT2D eigenvalue weighted by molar-refractivity contribution is -0.122. The molecule has 0 saturated carbocycles. The van der Waals surface area contributed by atoms with E-state index in [2.05, 4.69) is 15.4 Å². The van der Waals surface area contributed by atoms with E-state index in [0.29, 0.717) is 37.4 Å². The van der Waals surface area contributed by atoms with Crippen LogP contribution in [0.3, 0.4) is 0 Å². The smallest absolute Gasteiger partial charge is 0.242 e. The summed E-state index contributed by atoms with van der Waals surface area (Å²) in [6.07, 6.45) is 3.97. The molecule has 140 valence electrons. The molecule has 1 fully saturated rings.